The number of rotatable bonds is 8. The third-order valence-electron chi connectivity index (χ3n) is 4.78. The first kappa shape index (κ1) is 22.6. The minimum atomic E-state index is -0.637. The van der Waals surface area contributed by atoms with Gasteiger partial charge >= 0.3 is 11.9 Å². The van der Waals surface area contributed by atoms with Gasteiger partial charge in [-0.2, -0.15) is 0 Å². The summed E-state index contributed by atoms with van der Waals surface area (Å²) >= 11 is 1.39. The molecule has 31 heavy (non-hydrogen) atoms. The maximum atomic E-state index is 12.4. The van der Waals surface area contributed by atoms with Gasteiger partial charge in [-0.25, -0.2) is 9.59 Å². The molecule has 0 spiro atoms. The molecule has 7 nitrogen and oxygen atoms in total. The van der Waals surface area contributed by atoms with E-state index in [0.717, 1.165) is 41.7 Å². The Hall–Kier alpha value is -3.13. The predicted octanol–water partition coefficient (Wildman–Crippen LogP) is 4.01. The molecule has 0 saturated carbocycles. The van der Waals surface area contributed by atoms with Gasteiger partial charge in [-0.05, 0) is 61.9 Å². The fourth-order valence-electron chi connectivity index (χ4n) is 3.30. The zero-order valence-corrected chi connectivity index (χ0v) is 18.4. The van der Waals surface area contributed by atoms with Crippen LogP contribution in [0.3, 0.4) is 0 Å². The minimum Gasteiger partial charge on any atom is -0.497 e. The van der Waals surface area contributed by atoms with Gasteiger partial charge < -0.3 is 19.5 Å². The van der Waals surface area contributed by atoms with Gasteiger partial charge in [0, 0.05) is 11.0 Å². The second-order valence-electron chi connectivity index (χ2n) is 6.90. The van der Waals surface area contributed by atoms with Crippen molar-refractivity contribution in [2.75, 3.05) is 25.6 Å². The molecule has 1 aliphatic rings. The number of anilines is 1. The monoisotopic (exact) mass is 443 g/mol. The SMILES string of the molecule is CCOC(=O)c1c(NC(=O)COC(=O)C=Cc2ccc(OC)cc2)sc2c1CCCC2. The summed E-state index contributed by atoms with van der Waals surface area (Å²) in [4.78, 5) is 37.8. The van der Waals surface area contributed by atoms with E-state index >= 15 is 0 Å². The lowest BCUT2D eigenvalue weighted by molar-refractivity contribution is -0.142. The summed E-state index contributed by atoms with van der Waals surface area (Å²) in [6, 6.07) is 7.15. The number of nitrogens with one attached hydrogen (secondary N) is 1. The molecule has 0 radical (unpaired) electrons. The van der Waals surface area contributed by atoms with E-state index in [1.54, 1.807) is 44.4 Å². The molecule has 164 valence electrons. The number of hydrogen-bond donors (Lipinski definition) is 1. The molecule has 0 aliphatic heterocycles. The van der Waals surface area contributed by atoms with E-state index in [4.69, 9.17) is 14.2 Å². The fourth-order valence-corrected chi connectivity index (χ4v) is 4.59. The smallest absolute Gasteiger partial charge is 0.341 e. The number of amides is 1. The van der Waals surface area contributed by atoms with Crippen molar-refractivity contribution in [3.63, 3.8) is 0 Å². The van der Waals surface area contributed by atoms with Crippen LogP contribution in [0, 0.1) is 0 Å². The van der Waals surface area contributed by atoms with E-state index in [-0.39, 0.29) is 6.61 Å². The lowest BCUT2D eigenvalue weighted by atomic mass is 9.95. The van der Waals surface area contributed by atoms with Crippen molar-refractivity contribution in [2.24, 2.45) is 0 Å². The van der Waals surface area contributed by atoms with Gasteiger partial charge in [0.05, 0.1) is 19.3 Å². The van der Waals surface area contributed by atoms with Crippen LogP contribution in [0.15, 0.2) is 30.3 Å². The highest BCUT2D eigenvalue weighted by Crippen LogP contribution is 2.38. The molecule has 1 heterocycles. The van der Waals surface area contributed by atoms with Gasteiger partial charge in [0.1, 0.15) is 10.8 Å². The van der Waals surface area contributed by atoms with Gasteiger partial charge in [0.2, 0.25) is 0 Å². The largest absolute Gasteiger partial charge is 0.497 e. The molecule has 2 aromatic rings. The number of aryl methyl sites for hydroxylation is 1. The van der Waals surface area contributed by atoms with Crippen molar-refractivity contribution in [3.05, 3.63) is 51.9 Å². The fraction of sp³-hybridized carbons (Fsp3) is 0.348. The standard InChI is InChI=1S/C23H25NO6S/c1-3-29-23(27)21-17-6-4-5-7-18(17)31-22(21)24-19(25)14-30-20(26)13-10-15-8-11-16(28-2)12-9-15/h8-13H,3-7,14H2,1-2H3,(H,24,25). The van der Waals surface area contributed by atoms with Crippen LogP contribution in [0.1, 0.15) is 46.1 Å². The van der Waals surface area contributed by atoms with Crippen molar-refractivity contribution in [2.45, 2.75) is 32.6 Å². The van der Waals surface area contributed by atoms with Crippen molar-refractivity contribution in [1.82, 2.24) is 0 Å². The Bertz CT molecular complexity index is 977. The Labute approximate surface area is 185 Å². The first-order chi connectivity index (χ1) is 15.0. The van der Waals surface area contributed by atoms with Gasteiger partial charge in [0.15, 0.2) is 6.61 Å². The number of thiophene rings is 1. The molecule has 3 rings (SSSR count). The average molecular weight is 444 g/mol. The van der Waals surface area contributed by atoms with Gasteiger partial charge in [-0.3, -0.25) is 4.79 Å². The molecule has 1 aromatic heterocycles. The Balaban J connectivity index is 1.59. The summed E-state index contributed by atoms with van der Waals surface area (Å²) in [7, 11) is 1.58. The van der Waals surface area contributed by atoms with Crippen LogP contribution in [0.2, 0.25) is 0 Å². The molecule has 0 saturated heterocycles. The van der Waals surface area contributed by atoms with Gasteiger partial charge in [0.25, 0.3) is 5.91 Å². The molecule has 1 aliphatic carbocycles. The number of methoxy groups -OCH3 is 1. The van der Waals surface area contributed by atoms with Crippen LogP contribution in [0.25, 0.3) is 6.08 Å². The van der Waals surface area contributed by atoms with Crippen LogP contribution in [0.4, 0.5) is 5.00 Å². The summed E-state index contributed by atoms with van der Waals surface area (Å²) in [6.07, 6.45) is 6.58. The van der Waals surface area contributed by atoms with E-state index in [1.165, 1.54) is 17.4 Å². The Morgan fingerprint density at radius 1 is 1.10 bits per heavy atom. The normalized spacial score (nSPS) is 12.8. The first-order valence-electron chi connectivity index (χ1n) is 10.1. The van der Waals surface area contributed by atoms with E-state index in [9.17, 15) is 14.4 Å². The minimum absolute atomic E-state index is 0.259. The molecule has 1 amide bonds. The first-order valence-corrected chi connectivity index (χ1v) is 10.9. The Kier molecular flexibility index (Phi) is 7.83. The highest BCUT2D eigenvalue weighted by atomic mass is 32.1. The number of ether oxygens (including phenoxy) is 3. The van der Waals surface area contributed by atoms with Crippen molar-refractivity contribution < 1.29 is 28.6 Å². The van der Waals surface area contributed by atoms with Gasteiger partial charge in [-0.15, -0.1) is 11.3 Å². The third-order valence-corrected chi connectivity index (χ3v) is 5.98. The van der Waals surface area contributed by atoms with Crippen LogP contribution >= 0.6 is 11.3 Å². The number of hydrogen-bond acceptors (Lipinski definition) is 7. The third kappa shape index (κ3) is 5.95. The zero-order chi connectivity index (χ0) is 22.2. The predicted molar refractivity (Wildman–Crippen MR) is 119 cm³/mol. The van der Waals surface area contributed by atoms with E-state index < -0.39 is 24.5 Å². The maximum absolute atomic E-state index is 12.4. The number of benzene rings is 1. The topological polar surface area (TPSA) is 90.9 Å². The Morgan fingerprint density at radius 3 is 2.55 bits per heavy atom. The molecule has 1 N–H and O–H groups in total. The summed E-state index contributed by atoms with van der Waals surface area (Å²) in [5.74, 6) is -0.858. The van der Waals surface area contributed by atoms with Crippen molar-refractivity contribution >= 4 is 40.3 Å². The van der Waals surface area contributed by atoms with Crippen LogP contribution in [0.5, 0.6) is 5.75 Å². The lowest BCUT2D eigenvalue weighted by Crippen LogP contribution is -2.21. The van der Waals surface area contributed by atoms with Crippen LogP contribution in [-0.2, 0) is 31.9 Å². The van der Waals surface area contributed by atoms with Crippen LogP contribution in [-0.4, -0.2) is 38.2 Å². The van der Waals surface area contributed by atoms with E-state index in [2.05, 4.69) is 5.32 Å². The van der Waals surface area contributed by atoms with Crippen molar-refractivity contribution in [1.29, 1.82) is 0 Å². The van der Waals surface area contributed by atoms with Crippen LogP contribution < -0.4 is 10.1 Å². The Morgan fingerprint density at radius 2 is 1.84 bits per heavy atom. The van der Waals surface area contributed by atoms with Gasteiger partial charge in [-0.1, -0.05) is 12.1 Å². The molecule has 8 heteroatoms. The van der Waals surface area contributed by atoms with Crippen molar-refractivity contribution in [3.8, 4) is 5.75 Å². The number of carbonyl (C=O) groups is 3. The summed E-state index contributed by atoms with van der Waals surface area (Å²) in [6.45, 7) is 1.56. The van der Waals surface area contributed by atoms with E-state index in [1.807, 2.05) is 0 Å². The summed E-state index contributed by atoms with van der Waals surface area (Å²) in [5.41, 5.74) is 2.19. The molecule has 0 unspecified atom stereocenters. The zero-order valence-electron chi connectivity index (χ0n) is 17.6. The second-order valence-corrected chi connectivity index (χ2v) is 8.00. The lowest BCUT2D eigenvalue weighted by Gasteiger charge is -2.12. The molecular formula is C23H25NO6S. The molecule has 0 bridgehead atoms. The molecular weight excluding hydrogens is 418 g/mol. The molecule has 0 fully saturated rings. The molecule has 1 aromatic carbocycles. The number of carbonyl (C=O) groups excluding carboxylic acids is 3. The number of esters is 2. The number of fused-ring (bicyclic) bond motifs is 1. The summed E-state index contributed by atoms with van der Waals surface area (Å²) in [5, 5.41) is 3.17. The highest BCUT2D eigenvalue weighted by Gasteiger charge is 2.27. The molecule has 0 atom stereocenters. The second kappa shape index (κ2) is 10.8. The average Bonchev–Trinajstić information content (AvgIpc) is 3.14. The summed E-state index contributed by atoms with van der Waals surface area (Å²) < 4.78 is 15.3. The maximum Gasteiger partial charge on any atom is 0.341 e. The highest BCUT2D eigenvalue weighted by molar-refractivity contribution is 7.17. The van der Waals surface area contributed by atoms with E-state index in [0.29, 0.717) is 16.3 Å². The quantitative estimate of drug-likeness (QED) is 0.490.